The van der Waals surface area contributed by atoms with E-state index in [1.165, 1.54) is 0 Å². The topological polar surface area (TPSA) is 70.3 Å². The second kappa shape index (κ2) is 7.54. The molecule has 0 bridgehead atoms. The number of nitriles is 1. The highest BCUT2D eigenvalue weighted by atomic mass is 16.5. The molecular formula is C22H17NO3. The molecule has 0 amide bonds. The van der Waals surface area contributed by atoms with Gasteiger partial charge in [-0.1, -0.05) is 60.7 Å². The molecule has 0 unspecified atom stereocenters. The standard InChI is InChI=1S/C22H17NO3/c1-2-26-22(25)20-18(16-11-7-4-8-12-16)13-17(19(14-23)21(20)24)15-9-5-3-6-10-15/h3-13,24H,2H2,1H3. The molecule has 4 heteroatoms. The molecule has 0 aliphatic rings. The molecule has 4 nitrogen and oxygen atoms in total. The van der Waals surface area contributed by atoms with Crippen LogP contribution in [0, 0.1) is 11.3 Å². The van der Waals surface area contributed by atoms with E-state index in [1.807, 2.05) is 66.7 Å². The molecular weight excluding hydrogens is 326 g/mol. The molecule has 0 radical (unpaired) electrons. The summed E-state index contributed by atoms with van der Waals surface area (Å²) in [4.78, 5) is 12.5. The van der Waals surface area contributed by atoms with Gasteiger partial charge in [-0.25, -0.2) is 4.79 Å². The van der Waals surface area contributed by atoms with Crippen molar-refractivity contribution in [2.24, 2.45) is 0 Å². The second-order valence-electron chi connectivity index (χ2n) is 5.63. The van der Waals surface area contributed by atoms with Gasteiger partial charge < -0.3 is 9.84 Å². The quantitative estimate of drug-likeness (QED) is 0.692. The predicted molar refractivity (Wildman–Crippen MR) is 99.7 cm³/mol. The van der Waals surface area contributed by atoms with Crippen LogP contribution in [0.15, 0.2) is 66.7 Å². The minimum atomic E-state index is -0.653. The van der Waals surface area contributed by atoms with Gasteiger partial charge in [-0.05, 0) is 24.1 Å². The molecule has 0 saturated carbocycles. The Hall–Kier alpha value is -3.58. The Morgan fingerprint density at radius 2 is 1.54 bits per heavy atom. The highest BCUT2D eigenvalue weighted by Crippen LogP contribution is 2.39. The van der Waals surface area contributed by atoms with Crippen molar-refractivity contribution in [3.8, 4) is 34.1 Å². The first kappa shape index (κ1) is 17.2. The van der Waals surface area contributed by atoms with Crippen LogP contribution < -0.4 is 0 Å². The zero-order valence-electron chi connectivity index (χ0n) is 14.3. The van der Waals surface area contributed by atoms with Crippen LogP contribution in [0.25, 0.3) is 22.3 Å². The van der Waals surface area contributed by atoms with E-state index in [2.05, 4.69) is 0 Å². The number of phenols is 1. The van der Waals surface area contributed by atoms with Gasteiger partial charge in [-0.2, -0.15) is 5.26 Å². The normalized spacial score (nSPS) is 10.2. The molecule has 0 atom stereocenters. The predicted octanol–water partition coefficient (Wildman–Crippen LogP) is 4.77. The highest BCUT2D eigenvalue weighted by Gasteiger charge is 2.25. The van der Waals surface area contributed by atoms with Crippen molar-refractivity contribution in [3.05, 3.63) is 77.9 Å². The van der Waals surface area contributed by atoms with Crippen molar-refractivity contribution in [1.29, 1.82) is 5.26 Å². The number of carbonyl (C=O) groups is 1. The number of phenolic OH excluding ortho intramolecular Hbond substituents is 1. The summed E-state index contributed by atoms with van der Waals surface area (Å²) in [7, 11) is 0. The fraction of sp³-hybridized carbons (Fsp3) is 0.0909. The summed E-state index contributed by atoms with van der Waals surface area (Å²) in [5, 5.41) is 20.3. The maximum absolute atomic E-state index is 12.5. The van der Waals surface area contributed by atoms with Crippen molar-refractivity contribution in [1.82, 2.24) is 0 Å². The van der Waals surface area contributed by atoms with Crippen LogP contribution in [0.1, 0.15) is 22.8 Å². The van der Waals surface area contributed by atoms with Crippen molar-refractivity contribution >= 4 is 5.97 Å². The SMILES string of the molecule is CCOC(=O)c1c(-c2ccccc2)cc(-c2ccccc2)c(C#N)c1O. The van der Waals surface area contributed by atoms with E-state index in [0.29, 0.717) is 11.1 Å². The van der Waals surface area contributed by atoms with Crippen LogP contribution >= 0.6 is 0 Å². The minimum Gasteiger partial charge on any atom is -0.506 e. The summed E-state index contributed by atoms with van der Waals surface area (Å²) in [6.45, 7) is 1.87. The summed E-state index contributed by atoms with van der Waals surface area (Å²) >= 11 is 0. The first-order chi connectivity index (χ1) is 12.7. The lowest BCUT2D eigenvalue weighted by atomic mass is 9.90. The van der Waals surface area contributed by atoms with Gasteiger partial charge in [0.25, 0.3) is 0 Å². The molecule has 26 heavy (non-hydrogen) atoms. The van der Waals surface area contributed by atoms with Crippen molar-refractivity contribution < 1.29 is 14.6 Å². The van der Waals surface area contributed by atoms with E-state index in [9.17, 15) is 15.2 Å². The third kappa shape index (κ3) is 3.15. The number of rotatable bonds is 4. The van der Waals surface area contributed by atoms with Crippen molar-refractivity contribution in [3.63, 3.8) is 0 Å². The first-order valence-electron chi connectivity index (χ1n) is 8.25. The zero-order chi connectivity index (χ0) is 18.5. The summed E-state index contributed by atoms with van der Waals surface area (Å²) in [6.07, 6.45) is 0. The summed E-state index contributed by atoms with van der Waals surface area (Å²) in [6, 6.07) is 22.3. The zero-order valence-corrected chi connectivity index (χ0v) is 14.3. The summed E-state index contributed by atoms with van der Waals surface area (Å²) in [5.74, 6) is -1.01. The lowest BCUT2D eigenvalue weighted by molar-refractivity contribution is 0.0524. The molecule has 3 aromatic carbocycles. The number of benzene rings is 3. The second-order valence-corrected chi connectivity index (χ2v) is 5.63. The fourth-order valence-corrected chi connectivity index (χ4v) is 2.88. The van der Waals surface area contributed by atoms with Gasteiger partial charge in [0.1, 0.15) is 22.9 Å². The summed E-state index contributed by atoms with van der Waals surface area (Å²) in [5.41, 5.74) is 2.70. The Balaban J connectivity index is 2.35. The minimum absolute atomic E-state index is 0.00859. The molecule has 1 N–H and O–H groups in total. The van der Waals surface area contributed by atoms with Crippen LogP contribution in [0.4, 0.5) is 0 Å². The Morgan fingerprint density at radius 1 is 1.00 bits per heavy atom. The van der Waals surface area contributed by atoms with Gasteiger partial charge in [-0.3, -0.25) is 0 Å². The molecule has 0 fully saturated rings. The van der Waals surface area contributed by atoms with Gasteiger partial charge >= 0.3 is 5.97 Å². The monoisotopic (exact) mass is 343 g/mol. The number of carbonyl (C=O) groups excluding carboxylic acids is 1. The average molecular weight is 343 g/mol. The Bertz CT molecular complexity index is 974. The van der Waals surface area contributed by atoms with Gasteiger partial charge in [0.2, 0.25) is 0 Å². The van der Waals surface area contributed by atoms with Gasteiger partial charge in [-0.15, -0.1) is 0 Å². The average Bonchev–Trinajstić information content (AvgIpc) is 2.68. The summed E-state index contributed by atoms with van der Waals surface area (Å²) < 4.78 is 5.11. The number of hydrogen-bond donors (Lipinski definition) is 1. The number of esters is 1. The molecule has 0 spiro atoms. The fourth-order valence-electron chi connectivity index (χ4n) is 2.88. The number of ether oxygens (including phenoxy) is 1. The van der Waals surface area contributed by atoms with Crippen molar-refractivity contribution in [2.75, 3.05) is 6.61 Å². The Morgan fingerprint density at radius 3 is 2.04 bits per heavy atom. The van der Waals surface area contributed by atoms with Crippen LogP contribution in [-0.2, 0) is 4.74 Å². The third-order valence-electron chi connectivity index (χ3n) is 4.06. The molecule has 128 valence electrons. The van der Waals surface area contributed by atoms with E-state index < -0.39 is 5.97 Å². The smallest absolute Gasteiger partial charge is 0.342 e. The van der Waals surface area contributed by atoms with Crippen LogP contribution in [0.5, 0.6) is 5.75 Å². The van der Waals surface area contributed by atoms with E-state index in [1.54, 1.807) is 13.0 Å². The molecule has 0 heterocycles. The van der Waals surface area contributed by atoms with Crippen LogP contribution in [0.3, 0.4) is 0 Å². The number of nitrogens with zero attached hydrogens (tertiary/aromatic N) is 1. The van der Waals surface area contributed by atoms with E-state index in [0.717, 1.165) is 11.1 Å². The maximum atomic E-state index is 12.5. The van der Waals surface area contributed by atoms with Crippen LogP contribution in [-0.4, -0.2) is 17.7 Å². The van der Waals surface area contributed by atoms with Gasteiger partial charge in [0.05, 0.1) is 6.61 Å². The Kier molecular flexibility index (Phi) is 5.00. The largest absolute Gasteiger partial charge is 0.506 e. The highest BCUT2D eigenvalue weighted by molar-refractivity contribution is 6.03. The van der Waals surface area contributed by atoms with E-state index in [-0.39, 0.29) is 23.5 Å². The third-order valence-corrected chi connectivity index (χ3v) is 4.06. The Labute approximate surface area is 151 Å². The lowest BCUT2D eigenvalue weighted by Crippen LogP contribution is -2.08. The molecule has 0 aliphatic heterocycles. The molecule has 3 rings (SSSR count). The van der Waals surface area contributed by atoms with E-state index >= 15 is 0 Å². The van der Waals surface area contributed by atoms with E-state index in [4.69, 9.17) is 4.74 Å². The van der Waals surface area contributed by atoms with Crippen LogP contribution in [0.2, 0.25) is 0 Å². The van der Waals surface area contributed by atoms with Crippen molar-refractivity contribution in [2.45, 2.75) is 6.92 Å². The lowest BCUT2D eigenvalue weighted by Gasteiger charge is -2.16. The molecule has 3 aromatic rings. The maximum Gasteiger partial charge on any atom is 0.342 e. The molecule has 0 aromatic heterocycles. The molecule has 0 aliphatic carbocycles. The number of hydrogen-bond acceptors (Lipinski definition) is 4. The van der Waals surface area contributed by atoms with Gasteiger partial charge in [0.15, 0.2) is 0 Å². The number of aromatic hydroxyl groups is 1. The van der Waals surface area contributed by atoms with Gasteiger partial charge in [0, 0.05) is 11.1 Å². The first-order valence-corrected chi connectivity index (χ1v) is 8.25. The molecule has 0 saturated heterocycles.